The molecular formula is C72H108I3N4OV-. The summed E-state index contributed by atoms with van der Waals surface area (Å²) in [5, 5.41) is 3.43. The number of Topliss-reactive ketones (excluding diaryl/α,β-unsaturated/α-hetero) is 1. The molecule has 0 aromatic heterocycles. The summed E-state index contributed by atoms with van der Waals surface area (Å²) in [7, 11) is 6.46. The van der Waals surface area contributed by atoms with Gasteiger partial charge in [0.2, 0.25) is 0 Å². The van der Waals surface area contributed by atoms with Crippen LogP contribution in [0, 0.1) is 19.3 Å². The van der Waals surface area contributed by atoms with Crippen LogP contribution in [0.2, 0.25) is 0 Å². The van der Waals surface area contributed by atoms with Gasteiger partial charge < -0.3 is 27.4 Å². The standard InChI is InChI=1S/C15H19N.C15H17N.C14H17N.C9H8.C6H11NO.C2H4I2.C2H5I.4C2H6.CH3.V/c2*1-16-10-8-13(9-11-16)15-7-6-12-4-2-3-5-14(12)15;1-2-4-13-11(3-1)5-6-14(13)12-7-9-15-10-8-12;1-2-5-9-7-3-6-8(9)4-1;1-7-4-2-6(8)3-5-7;1-2(3)4;1-2-3;4*1-2;;/h2-5,7,13H,6,8-11H2,1H3;2-5,7-8H,6,9-11H2,1H3;1-4,6,12,15H,5,7-10H2;1-6H,7H2;2-5H2,1H3;2H,1H3;2H2,1H3;4*1-2H3;1H3;/q;;;;;;;;;;;-1;. The van der Waals surface area contributed by atoms with Crippen LogP contribution in [0.1, 0.15) is 159 Å². The summed E-state index contributed by atoms with van der Waals surface area (Å²) in [4.78, 5) is 17.6. The molecule has 0 spiro atoms. The van der Waals surface area contributed by atoms with E-state index >= 15 is 0 Å². The molecule has 9 heteroatoms. The van der Waals surface area contributed by atoms with Gasteiger partial charge in [0.15, 0.2) is 0 Å². The summed E-state index contributed by atoms with van der Waals surface area (Å²) in [6.07, 6.45) is 26.6. The van der Waals surface area contributed by atoms with E-state index in [1.165, 1.54) is 119 Å². The van der Waals surface area contributed by atoms with Crippen molar-refractivity contribution in [1.29, 1.82) is 0 Å². The van der Waals surface area contributed by atoms with Crippen molar-refractivity contribution >= 4 is 96.4 Å². The zero-order valence-electron chi connectivity index (χ0n) is 52.9. The molecule has 0 atom stereocenters. The van der Waals surface area contributed by atoms with Crippen LogP contribution in [0.4, 0.5) is 0 Å². The number of halogens is 3. The minimum Gasteiger partial charge on any atom is -0.358 e. The third-order valence-electron chi connectivity index (χ3n) is 14.5. The van der Waals surface area contributed by atoms with E-state index in [1.807, 2.05) is 62.4 Å². The van der Waals surface area contributed by atoms with Gasteiger partial charge in [-0.25, -0.2) is 0 Å². The van der Waals surface area contributed by atoms with E-state index in [1.54, 1.807) is 16.7 Å². The van der Waals surface area contributed by atoms with Crippen molar-refractivity contribution < 1.29 is 23.4 Å². The van der Waals surface area contributed by atoms with E-state index in [-0.39, 0.29) is 26.0 Å². The Hall–Kier alpha value is -2.14. The van der Waals surface area contributed by atoms with Crippen LogP contribution < -0.4 is 5.32 Å². The number of carbonyl (C=O) groups excluding carboxylic acids is 1. The molecule has 1 radical (unpaired) electrons. The molecule has 4 aliphatic heterocycles. The molecule has 81 heavy (non-hydrogen) atoms. The van der Waals surface area contributed by atoms with Crippen molar-refractivity contribution in [2.45, 2.75) is 142 Å². The molecule has 3 saturated heterocycles. The Morgan fingerprint density at radius 2 is 0.926 bits per heavy atom. The maximum absolute atomic E-state index is 10.6. The van der Waals surface area contributed by atoms with Crippen molar-refractivity contribution in [3.8, 4) is 0 Å². The first-order valence-corrected chi connectivity index (χ1v) is 34.5. The monoisotopic (exact) mass is 1480 g/mol. The number of hydrogen-bond donors (Lipinski definition) is 1. The average molecular weight is 1480 g/mol. The number of allylic oxidation sites excluding steroid dienone is 7. The number of nitrogens with zero attached hydrogens (tertiary/aromatic N) is 3. The van der Waals surface area contributed by atoms with Gasteiger partial charge in [0, 0.05) is 57.6 Å². The number of fused-ring (bicyclic) bond motifs is 4. The van der Waals surface area contributed by atoms with E-state index in [4.69, 9.17) is 0 Å². The third-order valence-corrected chi connectivity index (χ3v) is 14.5. The Morgan fingerprint density at radius 1 is 0.531 bits per heavy atom. The summed E-state index contributed by atoms with van der Waals surface area (Å²) in [6.45, 7) is 29.3. The van der Waals surface area contributed by atoms with Gasteiger partial charge >= 0.3 is 0 Å². The number of ketones is 1. The van der Waals surface area contributed by atoms with Gasteiger partial charge in [0.25, 0.3) is 0 Å². The fourth-order valence-electron chi connectivity index (χ4n) is 10.5. The smallest absolute Gasteiger partial charge is 0.135 e. The topological polar surface area (TPSA) is 38.8 Å². The van der Waals surface area contributed by atoms with Gasteiger partial charge in [-0.3, -0.25) is 4.79 Å². The fraction of sp³-hybridized carbons (Fsp3) is 0.500. The molecule has 449 valence electrons. The summed E-state index contributed by atoms with van der Waals surface area (Å²) in [5.41, 5.74) is 18.2. The van der Waals surface area contributed by atoms with E-state index in [0.717, 1.165) is 71.9 Å². The van der Waals surface area contributed by atoms with Gasteiger partial charge in [-0.05, 0) is 195 Å². The second-order valence-corrected chi connectivity index (χ2v) is 27.4. The number of piperidine rings is 3. The Morgan fingerprint density at radius 3 is 1.38 bits per heavy atom. The zero-order valence-corrected chi connectivity index (χ0v) is 60.8. The molecule has 0 unspecified atom stereocenters. The maximum atomic E-state index is 10.6. The Balaban J connectivity index is 0.000000940. The molecule has 12 rings (SSSR count). The Bertz CT molecular complexity index is 2430. The number of likely N-dealkylation sites (tertiary alicyclic amines) is 2. The minimum atomic E-state index is 0. The van der Waals surface area contributed by atoms with Crippen LogP contribution in [0.3, 0.4) is 0 Å². The molecular weight excluding hydrogens is 1370 g/mol. The number of rotatable bonds is 3. The first-order chi connectivity index (χ1) is 38.5. The van der Waals surface area contributed by atoms with E-state index < -0.39 is 0 Å². The first kappa shape index (κ1) is 78.9. The molecule has 4 aromatic rings. The predicted molar refractivity (Wildman–Crippen MR) is 385 cm³/mol. The van der Waals surface area contributed by atoms with Crippen LogP contribution in [-0.2, 0) is 49.0 Å². The summed E-state index contributed by atoms with van der Waals surface area (Å²) in [5.74, 6) is 2.03. The molecule has 8 aliphatic rings. The van der Waals surface area contributed by atoms with Crippen molar-refractivity contribution in [3.05, 3.63) is 185 Å². The first-order valence-electron chi connectivity index (χ1n) is 30.5. The quantitative estimate of drug-likeness (QED) is 0.126. The van der Waals surface area contributed by atoms with E-state index in [0.29, 0.717) is 5.78 Å². The number of alkyl halides is 3. The summed E-state index contributed by atoms with van der Waals surface area (Å²) < 4.78 is 1.99. The number of benzene rings is 4. The molecule has 4 aromatic carbocycles. The van der Waals surface area contributed by atoms with Crippen LogP contribution in [0.15, 0.2) is 133 Å². The number of nitrogens with one attached hydrogen (secondary N) is 1. The fourth-order valence-corrected chi connectivity index (χ4v) is 10.5. The SMILES string of the molecule is C1=C(C2CCNCC2)c2ccccc2C1.C1=Cc2ccccc2C1.CC.CC.CC.CC.CC(I)I.CCI.CN1CC=C(C2=CCc3ccccc32)CC1.CN1CCC(=O)CC1.CN1CCC(C2=CCc3ccccc32)CC1.[CH3-].[V]. The van der Waals surface area contributed by atoms with Crippen molar-refractivity contribution in [1.82, 2.24) is 20.0 Å². The molecule has 3 fully saturated rings. The molecule has 4 aliphatic carbocycles. The van der Waals surface area contributed by atoms with Gasteiger partial charge in [-0.2, -0.15) is 0 Å². The van der Waals surface area contributed by atoms with Crippen LogP contribution >= 0.6 is 67.8 Å². The summed E-state index contributed by atoms with van der Waals surface area (Å²) in [6, 6.07) is 35.0. The van der Waals surface area contributed by atoms with E-state index in [2.05, 4.69) is 249 Å². The molecule has 4 heterocycles. The van der Waals surface area contributed by atoms with Crippen LogP contribution in [0.5, 0.6) is 0 Å². The normalized spacial score (nSPS) is 17.1. The predicted octanol–water partition coefficient (Wildman–Crippen LogP) is 19.2. The zero-order chi connectivity index (χ0) is 58.4. The molecule has 5 nitrogen and oxygen atoms in total. The number of likely N-dealkylation sites (N-methyl/N-ethyl adjacent to an activating group) is 1. The average Bonchev–Trinajstić information content (AvgIpc) is 4.45. The molecule has 1 N–H and O–H groups in total. The Kier molecular flexibility index (Phi) is 46.8. The largest absolute Gasteiger partial charge is 0.358 e. The Labute approximate surface area is 550 Å². The molecule has 0 bridgehead atoms. The summed E-state index contributed by atoms with van der Waals surface area (Å²) >= 11 is 6.95. The van der Waals surface area contributed by atoms with Crippen molar-refractivity contribution in [2.75, 3.05) is 77.9 Å². The van der Waals surface area contributed by atoms with E-state index in [9.17, 15) is 4.79 Å². The van der Waals surface area contributed by atoms with Gasteiger partial charge in [0.1, 0.15) is 5.78 Å². The maximum Gasteiger partial charge on any atom is 0.135 e. The molecule has 0 amide bonds. The van der Waals surface area contributed by atoms with Crippen LogP contribution in [0.25, 0.3) is 22.8 Å². The van der Waals surface area contributed by atoms with Crippen LogP contribution in [-0.4, -0.2) is 100 Å². The number of carbonyl (C=O) groups is 1. The third kappa shape index (κ3) is 28.7. The van der Waals surface area contributed by atoms with Gasteiger partial charge in [0.05, 0.1) is 1.93 Å². The number of hydrogen-bond acceptors (Lipinski definition) is 5. The molecule has 0 saturated carbocycles. The second kappa shape index (κ2) is 48.0. The van der Waals surface area contributed by atoms with Crippen molar-refractivity contribution in [2.24, 2.45) is 11.8 Å². The van der Waals surface area contributed by atoms with Gasteiger partial charge in [-0.15, -0.1) is 0 Å². The van der Waals surface area contributed by atoms with Crippen molar-refractivity contribution in [3.63, 3.8) is 0 Å². The van der Waals surface area contributed by atoms with Gasteiger partial charge in [-0.1, -0.05) is 264 Å². The minimum absolute atomic E-state index is 0. The second-order valence-electron chi connectivity index (χ2n) is 19.8.